The van der Waals surface area contributed by atoms with Crippen molar-refractivity contribution in [3.63, 3.8) is 0 Å². The zero-order chi connectivity index (χ0) is 22.9. The van der Waals surface area contributed by atoms with Gasteiger partial charge in [0.15, 0.2) is 5.88 Å². The van der Waals surface area contributed by atoms with Gasteiger partial charge in [-0.05, 0) is 64.3 Å². The van der Waals surface area contributed by atoms with E-state index >= 15 is 0 Å². The second-order valence-electron chi connectivity index (χ2n) is 8.83. The number of nitrogens with zero attached hydrogens (tertiary/aromatic N) is 4. The molecule has 0 spiro atoms. The first-order valence-electron chi connectivity index (χ1n) is 11.3. The molecule has 1 aromatic heterocycles. The number of para-hydroxylation sites is 1. The van der Waals surface area contributed by atoms with Crippen LogP contribution in [0, 0.1) is 0 Å². The Bertz CT molecular complexity index is 1220. The fourth-order valence-electron chi connectivity index (χ4n) is 4.67. The van der Waals surface area contributed by atoms with Crippen LogP contribution in [-0.2, 0) is 4.84 Å². The molecule has 33 heavy (non-hydrogen) atoms. The highest BCUT2D eigenvalue weighted by Gasteiger charge is 2.29. The van der Waals surface area contributed by atoms with Crippen LogP contribution < -0.4 is 0 Å². The van der Waals surface area contributed by atoms with E-state index in [4.69, 9.17) is 9.83 Å². The molecule has 7 nitrogen and oxygen atoms in total. The van der Waals surface area contributed by atoms with Crippen LogP contribution in [0.15, 0.2) is 57.1 Å². The lowest BCUT2D eigenvalue weighted by Crippen LogP contribution is -2.42. The summed E-state index contributed by atoms with van der Waals surface area (Å²) in [6, 6.07) is 14.4. The number of benzene rings is 2. The lowest BCUT2D eigenvalue weighted by atomic mass is 10.0. The Hall–Kier alpha value is -2.68. The molecule has 0 unspecified atom stereocenters. The highest BCUT2D eigenvalue weighted by atomic mass is 79.9. The molecule has 1 saturated heterocycles. The third kappa shape index (κ3) is 4.43. The van der Waals surface area contributed by atoms with E-state index in [1.165, 1.54) is 12.8 Å². The summed E-state index contributed by atoms with van der Waals surface area (Å²) in [7, 11) is 4.31. The van der Waals surface area contributed by atoms with Gasteiger partial charge in [0.25, 0.3) is 0 Å². The number of oxime groups is 1. The first kappa shape index (κ1) is 22.1. The molecular formula is C25H28BrN5O2. The van der Waals surface area contributed by atoms with E-state index in [1.54, 1.807) is 0 Å². The molecule has 2 aliphatic rings. The molecule has 3 heterocycles. The van der Waals surface area contributed by atoms with Crippen LogP contribution in [0.4, 0.5) is 5.69 Å². The Morgan fingerprint density at radius 1 is 1.21 bits per heavy atom. The number of H-pyrrole nitrogens is 1. The highest BCUT2D eigenvalue weighted by molar-refractivity contribution is 9.10. The Morgan fingerprint density at radius 2 is 2.00 bits per heavy atom. The van der Waals surface area contributed by atoms with Gasteiger partial charge >= 0.3 is 0 Å². The number of aliphatic imine (C=N–C) groups is 1. The van der Waals surface area contributed by atoms with E-state index in [2.05, 4.69) is 50.0 Å². The largest absolute Gasteiger partial charge is 0.494 e. The number of halogens is 1. The van der Waals surface area contributed by atoms with Crippen LogP contribution in [0.2, 0.25) is 0 Å². The van der Waals surface area contributed by atoms with Gasteiger partial charge in [-0.3, -0.25) is 4.90 Å². The summed E-state index contributed by atoms with van der Waals surface area (Å²) in [6.45, 7) is 3.51. The van der Waals surface area contributed by atoms with Gasteiger partial charge in [0, 0.05) is 33.5 Å². The van der Waals surface area contributed by atoms with Crippen molar-refractivity contribution in [2.24, 2.45) is 10.1 Å². The third-order valence-corrected chi connectivity index (χ3v) is 7.03. The summed E-state index contributed by atoms with van der Waals surface area (Å²) < 4.78 is 0.930. The maximum Gasteiger partial charge on any atom is 0.199 e. The minimum absolute atomic E-state index is 0.0751. The molecule has 3 aromatic rings. The number of piperidine rings is 1. The molecule has 0 aliphatic carbocycles. The van der Waals surface area contributed by atoms with E-state index in [0.717, 1.165) is 46.3 Å². The standard InChI is InChI=1S/C25H28BrN5O2/c1-30(2)17-9-11-31(12-10-17)13-14-33-29-23-18-5-3-4-6-20(18)27-24(23)22-19-15-16(26)7-8-21(19)28-25(22)32/h3-8,15,17,28,32H,9-14H2,1-2H3/b29-23+. The van der Waals surface area contributed by atoms with E-state index < -0.39 is 0 Å². The number of aromatic nitrogens is 1. The van der Waals surface area contributed by atoms with Gasteiger partial charge in [-0.15, -0.1) is 0 Å². The molecule has 2 aromatic carbocycles. The number of fused-ring (bicyclic) bond motifs is 2. The van der Waals surface area contributed by atoms with E-state index in [0.29, 0.717) is 29.6 Å². The molecule has 0 atom stereocenters. The normalized spacial score (nSPS) is 18.3. The summed E-state index contributed by atoms with van der Waals surface area (Å²) in [5, 5.41) is 16.1. The summed E-state index contributed by atoms with van der Waals surface area (Å²) in [4.78, 5) is 18.4. The molecule has 2 aliphatic heterocycles. The molecule has 172 valence electrons. The van der Waals surface area contributed by atoms with Crippen molar-refractivity contribution >= 4 is 43.9 Å². The minimum atomic E-state index is 0.0751. The van der Waals surface area contributed by atoms with Gasteiger partial charge < -0.3 is 19.8 Å². The number of likely N-dealkylation sites (tertiary alicyclic amines) is 1. The second-order valence-corrected chi connectivity index (χ2v) is 9.74. The fraction of sp³-hybridized carbons (Fsp3) is 0.360. The number of nitrogens with one attached hydrogen (secondary N) is 1. The van der Waals surface area contributed by atoms with Gasteiger partial charge in [-0.25, -0.2) is 4.99 Å². The van der Waals surface area contributed by atoms with Crippen molar-refractivity contribution in [1.82, 2.24) is 14.8 Å². The number of aromatic amines is 1. The number of aromatic hydroxyl groups is 1. The van der Waals surface area contributed by atoms with E-state index in [1.807, 2.05) is 42.5 Å². The summed E-state index contributed by atoms with van der Waals surface area (Å²) in [5.41, 5.74) is 4.46. The van der Waals surface area contributed by atoms with Gasteiger partial charge in [0.05, 0.1) is 11.3 Å². The van der Waals surface area contributed by atoms with Crippen LogP contribution in [0.1, 0.15) is 24.0 Å². The fourth-order valence-corrected chi connectivity index (χ4v) is 5.03. The maximum atomic E-state index is 10.7. The molecule has 1 fully saturated rings. The Morgan fingerprint density at radius 3 is 2.79 bits per heavy atom. The average Bonchev–Trinajstić information content (AvgIpc) is 3.33. The van der Waals surface area contributed by atoms with Crippen LogP contribution in [0.3, 0.4) is 0 Å². The summed E-state index contributed by atoms with van der Waals surface area (Å²) in [6.07, 6.45) is 2.36. The van der Waals surface area contributed by atoms with Crippen molar-refractivity contribution in [2.75, 3.05) is 40.3 Å². The SMILES string of the molecule is CN(C)C1CCN(CCO/N=C2/C(c3c(O)[nH]c4ccc(Br)cc34)=Nc3ccccc32)CC1. The van der Waals surface area contributed by atoms with Gasteiger partial charge in [-0.2, -0.15) is 0 Å². The monoisotopic (exact) mass is 509 g/mol. The van der Waals surface area contributed by atoms with Crippen LogP contribution >= 0.6 is 15.9 Å². The van der Waals surface area contributed by atoms with Crippen molar-refractivity contribution in [1.29, 1.82) is 0 Å². The van der Waals surface area contributed by atoms with Crippen LogP contribution in [0.25, 0.3) is 10.9 Å². The predicted octanol–water partition coefficient (Wildman–Crippen LogP) is 4.52. The number of rotatable bonds is 6. The van der Waals surface area contributed by atoms with Crippen molar-refractivity contribution in [3.8, 4) is 5.88 Å². The Kier molecular flexibility index (Phi) is 6.23. The van der Waals surface area contributed by atoms with Crippen molar-refractivity contribution in [2.45, 2.75) is 18.9 Å². The van der Waals surface area contributed by atoms with Gasteiger partial charge in [0.2, 0.25) is 0 Å². The molecule has 8 heteroatoms. The van der Waals surface area contributed by atoms with E-state index in [-0.39, 0.29) is 5.88 Å². The van der Waals surface area contributed by atoms with Gasteiger partial charge in [0.1, 0.15) is 18.0 Å². The van der Waals surface area contributed by atoms with Crippen LogP contribution in [-0.4, -0.2) is 77.7 Å². The van der Waals surface area contributed by atoms with Gasteiger partial charge in [-0.1, -0.05) is 39.3 Å². The molecular weight excluding hydrogens is 482 g/mol. The smallest absolute Gasteiger partial charge is 0.199 e. The molecule has 2 N–H and O–H groups in total. The van der Waals surface area contributed by atoms with E-state index in [9.17, 15) is 5.11 Å². The first-order chi connectivity index (χ1) is 16.0. The van der Waals surface area contributed by atoms with Crippen LogP contribution in [0.5, 0.6) is 5.88 Å². The first-order valence-corrected chi connectivity index (χ1v) is 12.1. The van der Waals surface area contributed by atoms with Crippen molar-refractivity contribution < 1.29 is 9.94 Å². The lowest BCUT2D eigenvalue weighted by molar-refractivity contribution is 0.0857. The van der Waals surface area contributed by atoms with Crippen molar-refractivity contribution in [3.05, 3.63) is 58.1 Å². The Labute approximate surface area is 201 Å². The summed E-state index contributed by atoms with van der Waals surface area (Å²) in [5.74, 6) is 0.0751. The molecule has 0 amide bonds. The third-order valence-electron chi connectivity index (χ3n) is 6.54. The average molecular weight is 510 g/mol. The number of hydrogen-bond donors (Lipinski definition) is 2. The molecule has 0 saturated carbocycles. The lowest BCUT2D eigenvalue weighted by Gasteiger charge is -2.34. The number of hydrogen-bond acceptors (Lipinski definition) is 6. The maximum absolute atomic E-state index is 10.7. The molecule has 0 radical (unpaired) electrons. The zero-order valence-electron chi connectivity index (χ0n) is 18.9. The zero-order valence-corrected chi connectivity index (χ0v) is 20.5. The topological polar surface area (TPSA) is 76.5 Å². The Balaban J connectivity index is 1.36. The molecule has 5 rings (SSSR count). The second kappa shape index (κ2) is 9.29. The predicted molar refractivity (Wildman–Crippen MR) is 136 cm³/mol. The summed E-state index contributed by atoms with van der Waals surface area (Å²) >= 11 is 3.53. The highest BCUT2D eigenvalue weighted by Crippen LogP contribution is 2.36. The minimum Gasteiger partial charge on any atom is -0.494 e. The quantitative estimate of drug-likeness (QED) is 0.378. The molecule has 0 bridgehead atoms.